The second-order valence-electron chi connectivity index (χ2n) is 13.1. The molecule has 2 aromatic heterocycles. The maximum atomic E-state index is 5.16. The van der Waals surface area contributed by atoms with Crippen LogP contribution in [-0.2, 0) is 5.41 Å². The maximum absolute atomic E-state index is 5.16. The van der Waals surface area contributed by atoms with Gasteiger partial charge in [0, 0.05) is 36.4 Å². The highest BCUT2D eigenvalue weighted by Crippen LogP contribution is 2.54. The van der Waals surface area contributed by atoms with Gasteiger partial charge in [0.1, 0.15) is 0 Å². The predicted octanol–water partition coefficient (Wildman–Crippen LogP) is 12.2. The molecule has 0 aliphatic carbocycles. The topological polar surface area (TPSA) is 43.6 Å². The van der Waals surface area contributed by atoms with Gasteiger partial charge in [-0.3, -0.25) is 0 Å². The van der Waals surface area contributed by atoms with Crippen molar-refractivity contribution < 1.29 is 0 Å². The summed E-state index contributed by atoms with van der Waals surface area (Å²) >= 11 is 7.17. The molecule has 7 aromatic carbocycles. The highest BCUT2D eigenvalue weighted by Gasteiger charge is 2.45. The lowest BCUT2D eigenvalue weighted by molar-refractivity contribution is 0.728. The molecule has 0 N–H and O–H groups in total. The number of fused-ring (bicyclic) bond motifs is 5. The third-order valence-corrected chi connectivity index (χ3v) is 11.3. The van der Waals surface area contributed by atoms with Crippen LogP contribution in [0.2, 0.25) is 0 Å². The molecule has 0 fully saturated rings. The van der Waals surface area contributed by atoms with Gasteiger partial charge in [0.05, 0.1) is 22.1 Å². The minimum atomic E-state index is -0.631. The molecule has 9 aromatic rings. The van der Waals surface area contributed by atoms with Crippen molar-refractivity contribution >= 4 is 53.7 Å². The van der Waals surface area contributed by atoms with E-state index in [4.69, 9.17) is 15.0 Å². The smallest absolute Gasteiger partial charge is 0.164 e. The summed E-state index contributed by atoms with van der Waals surface area (Å²) in [6.45, 7) is 0. The molecule has 0 radical (unpaired) electrons. The Morgan fingerprint density at radius 3 is 1.52 bits per heavy atom. The highest BCUT2D eigenvalue weighted by atomic mass is 79.9. The normalized spacial score (nSPS) is 13.0. The van der Waals surface area contributed by atoms with E-state index in [-0.39, 0.29) is 0 Å². The van der Waals surface area contributed by atoms with Crippen molar-refractivity contribution in [3.05, 3.63) is 201 Å². The zero-order valence-electron chi connectivity index (χ0n) is 27.7. The summed E-state index contributed by atoms with van der Waals surface area (Å²) in [6.07, 6.45) is 0. The van der Waals surface area contributed by atoms with Gasteiger partial charge in [0.15, 0.2) is 17.5 Å². The van der Waals surface area contributed by atoms with Gasteiger partial charge >= 0.3 is 0 Å². The number of hydrogen-bond acceptors (Lipinski definition) is 3. The molecular formula is C46H28Br2N4. The fourth-order valence-electron chi connectivity index (χ4n) is 8.01. The Morgan fingerprint density at radius 2 is 0.923 bits per heavy atom. The number of para-hydroxylation sites is 2. The number of hydrogen-bond donors (Lipinski definition) is 0. The van der Waals surface area contributed by atoms with Crippen LogP contribution in [0.5, 0.6) is 0 Å². The lowest BCUT2D eigenvalue weighted by Crippen LogP contribution is -2.35. The van der Waals surface area contributed by atoms with Crippen molar-refractivity contribution in [2.24, 2.45) is 0 Å². The first kappa shape index (κ1) is 31.1. The van der Waals surface area contributed by atoms with Crippen LogP contribution in [-0.4, -0.2) is 19.5 Å². The summed E-state index contributed by atoms with van der Waals surface area (Å²) < 4.78 is 4.45. The first-order valence-corrected chi connectivity index (χ1v) is 18.7. The van der Waals surface area contributed by atoms with Gasteiger partial charge < -0.3 is 4.57 Å². The van der Waals surface area contributed by atoms with Crippen molar-refractivity contribution in [2.75, 3.05) is 0 Å². The molecule has 0 amide bonds. The highest BCUT2D eigenvalue weighted by molar-refractivity contribution is 9.10. The Hall–Kier alpha value is -5.69. The van der Waals surface area contributed by atoms with Gasteiger partial charge in [-0.15, -0.1) is 0 Å². The van der Waals surface area contributed by atoms with E-state index in [0.29, 0.717) is 17.5 Å². The first-order valence-electron chi connectivity index (χ1n) is 17.2. The van der Waals surface area contributed by atoms with Crippen LogP contribution >= 0.6 is 31.9 Å². The zero-order valence-corrected chi connectivity index (χ0v) is 30.9. The monoisotopic (exact) mass is 794 g/mol. The Balaban J connectivity index is 1.31. The molecule has 0 bridgehead atoms. The van der Waals surface area contributed by atoms with E-state index < -0.39 is 5.41 Å². The van der Waals surface area contributed by atoms with E-state index in [1.165, 1.54) is 44.1 Å². The third-order valence-electron chi connectivity index (χ3n) is 10.3. The van der Waals surface area contributed by atoms with Crippen molar-refractivity contribution in [3.8, 4) is 39.9 Å². The molecule has 246 valence electrons. The summed E-state index contributed by atoms with van der Waals surface area (Å²) in [6, 6.07) is 60.3. The molecule has 0 spiro atoms. The van der Waals surface area contributed by atoms with E-state index in [1.807, 2.05) is 48.5 Å². The van der Waals surface area contributed by atoms with Gasteiger partial charge in [0.2, 0.25) is 0 Å². The number of rotatable bonds is 5. The number of halogens is 2. The summed E-state index contributed by atoms with van der Waals surface area (Å²) in [5, 5.41) is 2.48. The summed E-state index contributed by atoms with van der Waals surface area (Å²) in [4.78, 5) is 15.3. The minimum absolute atomic E-state index is 0.616. The predicted molar refractivity (Wildman–Crippen MR) is 218 cm³/mol. The van der Waals surface area contributed by atoms with Crippen LogP contribution in [0.4, 0.5) is 0 Å². The van der Waals surface area contributed by atoms with E-state index in [2.05, 4.69) is 158 Å². The molecule has 3 heterocycles. The van der Waals surface area contributed by atoms with Crippen molar-refractivity contribution in [2.45, 2.75) is 5.41 Å². The Labute approximate surface area is 317 Å². The quantitative estimate of drug-likeness (QED) is 0.174. The van der Waals surface area contributed by atoms with Crippen molar-refractivity contribution in [1.29, 1.82) is 0 Å². The fourth-order valence-corrected chi connectivity index (χ4v) is 8.54. The Bertz CT molecular complexity index is 2690. The van der Waals surface area contributed by atoms with Crippen LogP contribution in [0.1, 0.15) is 22.3 Å². The number of nitrogens with zero attached hydrogens (tertiary/aromatic N) is 4. The molecule has 1 aliphatic rings. The molecule has 52 heavy (non-hydrogen) atoms. The fraction of sp³-hybridized carbons (Fsp3) is 0.0217. The van der Waals surface area contributed by atoms with Gasteiger partial charge in [-0.2, -0.15) is 0 Å². The van der Waals surface area contributed by atoms with Crippen molar-refractivity contribution in [3.63, 3.8) is 0 Å². The Kier molecular flexibility index (Phi) is 7.31. The molecule has 0 saturated carbocycles. The summed E-state index contributed by atoms with van der Waals surface area (Å²) in [5.74, 6) is 1.85. The average molecular weight is 797 g/mol. The molecule has 1 aliphatic heterocycles. The van der Waals surface area contributed by atoms with Gasteiger partial charge in [-0.25, -0.2) is 15.0 Å². The SMILES string of the molecule is Brc1ccc(-c2nc(-c3ccc(Br)cc3)nc(-c3ccc4c(c3)C(c3ccccc3)(c3ccccc3)c3cccc5c6ccccc6n-4c35)n2)cc1. The first-order chi connectivity index (χ1) is 25.6. The summed E-state index contributed by atoms with van der Waals surface area (Å²) in [5.41, 5.74) is 10.5. The minimum Gasteiger partial charge on any atom is -0.309 e. The standard InChI is InChI=1S/C46H28Br2N4/c47-34-23-18-29(19-24-34)43-49-44(30-20-25-35(48)26-21-30)51-45(50-43)31-22-27-41-39(28-31)46(32-10-3-1-4-11-32,33-12-5-2-6-13-33)38-16-9-15-37-36-14-7-8-17-40(36)52(41)42(37)38/h1-28H. The largest absolute Gasteiger partial charge is 0.309 e. The van der Waals surface area contributed by atoms with Crippen molar-refractivity contribution in [1.82, 2.24) is 19.5 Å². The van der Waals surface area contributed by atoms with Crippen LogP contribution in [0.25, 0.3) is 61.7 Å². The van der Waals surface area contributed by atoms with E-state index in [1.54, 1.807) is 0 Å². The molecule has 10 rings (SSSR count). The Morgan fingerprint density at radius 1 is 0.423 bits per heavy atom. The van der Waals surface area contributed by atoms with Gasteiger partial charge in [-0.05, 0) is 70.8 Å². The molecule has 0 saturated heterocycles. The summed E-state index contributed by atoms with van der Waals surface area (Å²) in [7, 11) is 0. The molecule has 4 nitrogen and oxygen atoms in total. The van der Waals surface area contributed by atoms with Gasteiger partial charge in [-0.1, -0.05) is 153 Å². The molecule has 0 atom stereocenters. The van der Waals surface area contributed by atoms with E-state index in [9.17, 15) is 0 Å². The zero-order chi connectivity index (χ0) is 34.8. The average Bonchev–Trinajstić information content (AvgIpc) is 3.54. The lowest BCUT2D eigenvalue weighted by Gasteiger charge is -2.42. The molecule has 0 unspecified atom stereocenters. The van der Waals surface area contributed by atoms with Crippen LogP contribution in [0, 0.1) is 0 Å². The van der Waals surface area contributed by atoms with Crippen LogP contribution in [0.3, 0.4) is 0 Å². The van der Waals surface area contributed by atoms with E-state index in [0.717, 1.165) is 31.3 Å². The second-order valence-corrected chi connectivity index (χ2v) is 14.9. The van der Waals surface area contributed by atoms with Gasteiger partial charge in [0.25, 0.3) is 0 Å². The number of benzene rings is 7. The number of aromatic nitrogens is 4. The lowest BCUT2D eigenvalue weighted by atomic mass is 9.63. The maximum Gasteiger partial charge on any atom is 0.164 e. The van der Waals surface area contributed by atoms with E-state index >= 15 is 0 Å². The van der Waals surface area contributed by atoms with Crippen LogP contribution in [0.15, 0.2) is 179 Å². The molecule has 6 heteroatoms. The molecular weight excluding hydrogens is 768 g/mol. The second kappa shape index (κ2) is 12.2. The van der Waals surface area contributed by atoms with Crippen LogP contribution < -0.4 is 0 Å². The third kappa shape index (κ3) is 4.75.